The third-order valence-electron chi connectivity index (χ3n) is 3.45. The van der Waals surface area contributed by atoms with Crippen LogP contribution in [0.25, 0.3) is 0 Å². The first-order valence-electron chi connectivity index (χ1n) is 8.10. The van der Waals surface area contributed by atoms with E-state index in [2.05, 4.69) is 17.2 Å². The van der Waals surface area contributed by atoms with Gasteiger partial charge in [0.1, 0.15) is 6.61 Å². The summed E-state index contributed by atoms with van der Waals surface area (Å²) in [6.45, 7) is 3.91. The van der Waals surface area contributed by atoms with Crippen molar-refractivity contribution in [3.8, 4) is 11.5 Å². The quantitative estimate of drug-likeness (QED) is 0.577. The molecule has 0 heterocycles. The molecule has 0 aliphatic carbocycles. The molecule has 0 aliphatic heterocycles. The topological polar surface area (TPSA) is 68.9 Å². The van der Waals surface area contributed by atoms with Gasteiger partial charge in [-0.3, -0.25) is 0 Å². The van der Waals surface area contributed by atoms with Gasteiger partial charge in [-0.1, -0.05) is 43.3 Å². The number of methoxy groups -OCH3 is 1. The lowest BCUT2D eigenvalue weighted by Gasteiger charge is -2.12. The van der Waals surface area contributed by atoms with Gasteiger partial charge in [-0.05, 0) is 29.7 Å². The third kappa shape index (κ3) is 5.50. The second kappa shape index (κ2) is 9.45. The molecule has 2 aromatic carbocycles. The first kappa shape index (κ1) is 17.7. The molecule has 0 aromatic heterocycles. The van der Waals surface area contributed by atoms with Crippen molar-refractivity contribution in [2.75, 3.05) is 13.7 Å². The van der Waals surface area contributed by atoms with Gasteiger partial charge in [0.05, 0.1) is 13.7 Å². The Kier molecular flexibility index (Phi) is 6.95. The third-order valence-corrected chi connectivity index (χ3v) is 3.45. The minimum atomic E-state index is 0.459. The van der Waals surface area contributed by atoms with Crippen LogP contribution in [0.3, 0.4) is 0 Å². The zero-order chi connectivity index (χ0) is 17.2. The van der Waals surface area contributed by atoms with E-state index in [0.29, 0.717) is 30.6 Å². The molecule has 0 fully saturated rings. The molecule has 5 heteroatoms. The number of guanidine groups is 1. The van der Waals surface area contributed by atoms with Crippen LogP contribution in [-0.2, 0) is 13.2 Å². The first-order chi connectivity index (χ1) is 11.7. The number of aliphatic imine (C=N–C) groups is 1. The highest BCUT2D eigenvalue weighted by molar-refractivity contribution is 5.77. The van der Waals surface area contributed by atoms with E-state index >= 15 is 0 Å². The van der Waals surface area contributed by atoms with Crippen LogP contribution in [0.4, 0.5) is 0 Å². The largest absolute Gasteiger partial charge is 0.493 e. The molecule has 0 aliphatic rings. The minimum Gasteiger partial charge on any atom is -0.493 e. The zero-order valence-corrected chi connectivity index (χ0v) is 14.3. The Bertz CT molecular complexity index is 657. The summed E-state index contributed by atoms with van der Waals surface area (Å²) in [7, 11) is 1.63. The van der Waals surface area contributed by atoms with Crippen molar-refractivity contribution in [3.63, 3.8) is 0 Å². The van der Waals surface area contributed by atoms with Gasteiger partial charge < -0.3 is 20.5 Å². The molecular weight excluding hydrogens is 302 g/mol. The second-order valence-electron chi connectivity index (χ2n) is 5.39. The number of nitrogens with two attached hydrogens (primary N) is 1. The molecule has 24 heavy (non-hydrogen) atoms. The van der Waals surface area contributed by atoms with Gasteiger partial charge in [0, 0.05) is 6.54 Å². The molecule has 0 radical (unpaired) electrons. The molecule has 2 aromatic rings. The van der Waals surface area contributed by atoms with E-state index in [9.17, 15) is 0 Å². The number of hydrogen-bond donors (Lipinski definition) is 2. The van der Waals surface area contributed by atoms with Gasteiger partial charge in [-0.2, -0.15) is 0 Å². The lowest BCUT2D eigenvalue weighted by molar-refractivity contribution is 0.284. The Balaban J connectivity index is 1.99. The highest BCUT2D eigenvalue weighted by atomic mass is 16.5. The van der Waals surface area contributed by atoms with Crippen LogP contribution in [0.15, 0.2) is 53.5 Å². The van der Waals surface area contributed by atoms with E-state index in [1.807, 2.05) is 48.5 Å². The van der Waals surface area contributed by atoms with Crippen LogP contribution < -0.4 is 20.5 Å². The second-order valence-corrected chi connectivity index (χ2v) is 5.39. The fourth-order valence-corrected chi connectivity index (χ4v) is 2.15. The zero-order valence-electron chi connectivity index (χ0n) is 14.3. The molecule has 0 spiro atoms. The summed E-state index contributed by atoms with van der Waals surface area (Å²) in [4.78, 5) is 4.32. The van der Waals surface area contributed by atoms with E-state index in [1.165, 1.54) is 0 Å². The summed E-state index contributed by atoms with van der Waals surface area (Å²) in [5, 5.41) is 3.05. The Labute approximate surface area is 143 Å². The van der Waals surface area contributed by atoms with Gasteiger partial charge in [0.2, 0.25) is 0 Å². The standard InChI is InChI=1S/C19H25N3O2/c1-3-11-21-19(20)22-13-16-9-10-17(18(12-16)23-2)24-14-15-7-5-4-6-8-15/h4-10,12H,3,11,13-14H2,1-2H3,(H3,20,21,22). The summed E-state index contributed by atoms with van der Waals surface area (Å²) in [5.74, 6) is 1.87. The lowest BCUT2D eigenvalue weighted by Crippen LogP contribution is -2.32. The highest BCUT2D eigenvalue weighted by Crippen LogP contribution is 2.29. The number of hydrogen-bond acceptors (Lipinski definition) is 3. The summed E-state index contributed by atoms with van der Waals surface area (Å²) in [6, 6.07) is 15.8. The molecular formula is C19H25N3O2. The van der Waals surface area contributed by atoms with Gasteiger partial charge >= 0.3 is 0 Å². The maximum Gasteiger partial charge on any atom is 0.188 e. The molecule has 2 rings (SSSR count). The van der Waals surface area contributed by atoms with E-state index < -0.39 is 0 Å². The van der Waals surface area contributed by atoms with Gasteiger partial charge in [0.25, 0.3) is 0 Å². The fourth-order valence-electron chi connectivity index (χ4n) is 2.15. The predicted molar refractivity (Wildman–Crippen MR) is 97.4 cm³/mol. The summed E-state index contributed by atoms with van der Waals surface area (Å²) >= 11 is 0. The van der Waals surface area contributed by atoms with Crippen LogP contribution in [0.2, 0.25) is 0 Å². The maximum atomic E-state index is 5.85. The average molecular weight is 327 g/mol. The lowest BCUT2D eigenvalue weighted by atomic mass is 10.2. The van der Waals surface area contributed by atoms with Crippen LogP contribution >= 0.6 is 0 Å². The Morgan fingerprint density at radius 2 is 1.88 bits per heavy atom. The highest BCUT2D eigenvalue weighted by Gasteiger charge is 2.06. The molecule has 0 amide bonds. The van der Waals surface area contributed by atoms with Crippen molar-refractivity contribution in [1.29, 1.82) is 0 Å². The van der Waals surface area contributed by atoms with E-state index in [-0.39, 0.29) is 0 Å². The van der Waals surface area contributed by atoms with Crippen molar-refractivity contribution in [3.05, 3.63) is 59.7 Å². The normalized spacial score (nSPS) is 11.2. The predicted octanol–water partition coefficient (Wildman–Crippen LogP) is 3.09. The van der Waals surface area contributed by atoms with Crippen LogP contribution in [0.5, 0.6) is 11.5 Å². The molecule has 128 valence electrons. The van der Waals surface area contributed by atoms with Crippen molar-refractivity contribution < 1.29 is 9.47 Å². The number of rotatable bonds is 8. The summed E-state index contributed by atoms with van der Waals surface area (Å²) in [5.41, 5.74) is 7.93. The Morgan fingerprint density at radius 3 is 2.58 bits per heavy atom. The molecule has 0 unspecified atom stereocenters. The van der Waals surface area contributed by atoms with Crippen molar-refractivity contribution >= 4 is 5.96 Å². The van der Waals surface area contributed by atoms with Crippen molar-refractivity contribution in [2.24, 2.45) is 10.7 Å². The summed E-state index contributed by atoms with van der Waals surface area (Å²) in [6.07, 6.45) is 1.01. The smallest absolute Gasteiger partial charge is 0.188 e. The minimum absolute atomic E-state index is 0.459. The van der Waals surface area contributed by atoms with Crippen LogP contribution in [0.1, 0.15) is 24.5 Å². The average Bonchev–Trinajstić information content (AvgIpc) is 2.64. The van der Waals surface area contributed by atoms with Crippen LogP contribution in [0, 0.1) is 0 Å². The monoisotopic (exact) mass is 327 g/mol. The Morgan fingerprint density at radius 1 is 1.08 bits per heavy atom. The maximum absolute atomic E-state index is 5.85. The van der Waals surface area contributed by atoms with Gasteiger partial charge in [-0.15, -0.1) is 0 Å². The fraction of sp³-hybridized carbons (Fsp3) is 0.316. The van der Waals surface area contributed by atoms with Crippen molar-refractivity contribution in [1.82, 2.24) is 5.32 Å². The number of nitrogens with zero attached hydrogens (tertiary/aromatic N) is 1. The van der Waals surface area contributed by atoms with Gasteiger partial charge in [-0.25, -0.2) is 4.99 Å². The molecule has 0 atom stereocenters. The molecule has 0 saturated carbocycles. The molecule has 0 bridgehead atoms. The first-order valence-corrected chi connectivity index (χ1v) is 8.10. The van der Waals surface area contributed by atoms with Crippen LogP contribution in [-0.4, -0.2) is 19.6 Å². The van der Waals surface area contributed by atoms with Gasteiger partial charge in [0.15, 0.2) is 17.5 Å². The number of ether oxygens (including phenoxy) is 2. The van der Waals surface area contributed by atoms with Crippen molar-refractivity contribution in [2.45, 2.75) is 26.5 Å². The summed E-state index contributed by atoms with van der Waals surface area (Å²) < 4.78 is 11.3. The Hall–Kier alpha value is -2.69. The van der Waals surface area contributed by atoms with E-state index in [1.54, 1.807) is 7.11 Å². The van der Waals surface area contributed by atoms with E-state index in [0.717, 1.165) is 24.1 Å². The van der Waals surface area contributed by atoms with E-state index in [4.69, 9.17) is 15.2 Å². The number of nitrogens with one attached hydrogen (secondary N) is 1. The molecule has 5 nitrogen and oxygen atoms in total. The number of benzene rings is 2. The molecule has 3 N–H and O–H groups in total. The SMILES string of the molecule is CCCNC(N)=NCc1ccc(OCc2ccccc2)c(OC)c1. The molecule has 0 saturated heterocycles.